The molecule has 0 aliphatic carbocycles. The van der Waals surface area contributed by atoms with Gasteiger partial charge in [0, 0.05) is 18.7 Å². The Morgan fingerprint density at radius 2 is 1.41 bits per heavy atom. The molecule has 4 atom stereocenters. The lowest BCUT2D eigenvalue weighted by atomic mass is 9.94. The second kappa shape index (κ2) is 16.8. The van der Waals surface area contributed by atoms with Gasteiger partial charge in [-0.1, -0.05) is 93.2 Å². The van der Waals surface area contributed by atoms with Crippen LogP contribution in [0.5, 0.6) is 0 Å². The van der Waals surface area contributed by atoms with Crippen LogP contribution in [0, 0.1) is 5.92 Å². The van der Waals surface area contributed by atoms with Crippen LogP contribution in [0.2, 0.25) is 0 Å². The molecule has 2 aliphatic heterocycles. The van der Waals surface area contributed by atoms with Crippen LogP contribution in [0.4, 0.5) is 9.59 Å². The minimum absolute atomic E-state index is 0.141. The summed E-state index contributed by atoms with van der Waals surface area (Å²) in [5.74, 6) is 0.716. The van der Waals surface area contributed by atoms with E-state index in [1.807, 2.05) is 56.5 Å². The number of aromatic amines is 2. The van der Waals surface area contributed by atoms with E-state index in [1.165, 1.54) is 14.2 Å². The molecule has 4 N–H and O–H groups in total. The predicted molar refractivity (Wildman–Crippen MR) is 220 cm³/mol. The van der Waals surface area contributed by atoms with Crippen molar-refractivity contribution in [3.05, 3.63) is 109 Å². The fraction of sp³-hybridized carbons (Fsp3) is 0.318. The maximum atomic E-state index is 13.6. The van der Waals surface area contributed by atoms with E-state index in [2.05, 4.69) is 68.6 Å². The number of carbonyl (C=O) groups excluding carboxylic acids is 4. The number of aromatic nitrogens is 4. The minimum Gasteiger partial charge on any atom is -0.453 e. The molecule has 4 heterocycles. The number of likely N-dealkylation sites (tertiary alicyclic amines) is 1. The molecule has 2 aliphatic rings. The topological polar surface area (TPSA) is 175 Å². The maximum Gasteiger partial charge on any atom is 0.407 e. The number of rotatable bonds is 11. The summed E-state index contributed by atoms with van der Waals surface area (Å²) in [6.45, 7) is 10.3. The van der Waals surface area contributed by atoms with Crippen LogP contribution < -0.4 is 10.6 Å². The molecule has 1 saturated heterocycles. The number of amides is 4. The van der Waals surface area contributed by atoms with E-state index < -0.39 is 30.3 Å². The van der Waals surface area contributed by atoms with Gasteiger partial charge in [-0.25, -0.2) is 19.6 Å². The summed E-state index contributed by atoms with van der Waals surface area (Å²) in [6, 6.07) is 18.4. The smallest absolute Gasteiger partial charge is 0.407 e. The summed E-state index contributed by atoms with van der Waals surface area (Å²) in [4.78, 5) is 70.9. The van der Waals surface area contributed by atoms with Gasteiger partial charge in [-0.05, 0) is 58.7 Å². The van der Waals surface area contributed by atoms with Crippen molar-refractivity contribution < 1.29 is 28.7 Å². The van der Waals surface area contributed by atoms with Crippen molar-refractivity contribution in [3.63, 3.8) is 0 Å². The van der Waals surface area contributed by atoms with Gasteiger partial charge in [0.05, 0.1) is 44.0 Å². The number of H-pyrrole nitrogens is 2. The molecule has 4 amide bonds. The Bertz CT molecular complexity index is 2380. The standard InChI is InChI=1S/C44H48N8O6/c1-25(2)37(49-43(55)57-5)41(53)51-21-9-15-35(51)39-45-23-33(47-39)28-19-17-27(18-20-28)29-11-7-13-31-30(29)12-8-14-32(31)34-24-46-40(48-34)36-16-10-22-52(36)42(54)38(26(3)4)50-44(56)58-6/h7-9,11-15,17-20,23-25,35-38H,3,10,16,21-22H2,1-2,4-6H3,(H,45,47)(H,46,48)(H,49,55)(H,50,56)/t35-,36-,37-,38-/m0/s1. The van der Waals surface area contributed by atoms with E-state index in [4.69, 9.17) is 14.5 Å². The Morgan fingerprint density at radius 3 is 2.10 bits per heavy atom. The van der Waals surface area contributed by atoms with Gasteiger partial charge in [-0.2, -0.15) is 0 Å². The number of imidazole rings is 2. The van der Waals surface area contributed by atoms with Crippen LogP contribution in [-0.4, -0.2) is 93.1 Å². The molecule has 5 aromatic rings. The van der Waals surface area contributed by atoms with Gasteiger partial charge in [0.1, 0.15) is 29.8 Å². The quantitative estimate of drug-likeness (QED) is 0.103. The SMILES string of the molecule is C=C(C)[C@H](NC(=O)OC)C(=O)N1CCC[C@H]1c1ncc(-c2cccc3c(-c4ccc(-c5cnc([C@@H]6C=CCN6C(=O)[C@@H](NC(=O)OC)C(C)C)[nH]5)cc4)cccc23)[nH]1. The summed E-state index contributed by atoms with van der Waals surface area (Å²) < 4.78 is 9.50. The normalized spacial score (nSPS) is 17.3. The molecular weight excluding hydrogens is 737 g/mol. The first kappa shape index (κ1) is 39.5. The van der Waals surface area contributed by atoms with Crippen molar-refractivity contribution >= 4 is 34.8 Å². The third-order valence-electron chi connectivity index (χ3n) is 10.9. The Labute approximate surface area is 336 Å². The number of alkyl carbamates (subject to hydrolysis) is 2. The van der Waals surface area contributed by atoms with Gasteiger partial charge in [-0.15, -0.1) is 0 Å². The van der Waals surface area contributed by atoms with Crippen molar-refractivity contribution in [2.45, 2.75) is 57.8 Å². The van der Waals surface area contributed by atoms with Crippen molar-refractivity contribution in [1.82, 2.24) is 40.4 Å². The molecule has 58 heavy (non-hydrogen) atoms. The molecular formula is C44H48N8O6. The first-order valence-corrected chi connectivity index (χ1v) is 19.3. The zero-order valence-electron chi connectivity index (χ0n) is 33.2. The van der Waals surface area contributed by atoms with Crippen molar-refractivity contribution in [3.8, 4) is 33.6 Å². The van der Waals surface area contributed by atoms with Gasteiger partial charge >= 0.3 is 12.2 Å². The zero-order valence-corrected chi connectivity index (χ0v) is 33.2. The number of nitrogens with zero attached hydrogens (tertiary/aromatic N) is 4. The fourth-order valence-electron chi connectivity index (χ4n) is 7.82. The molecule has 14 heteroatoms. The zero-order chi connectivity index (χ0) is 41.1. The average molecular weight is 785 g/mol. The Kier molecular flexibility index (Phi) is 11.5. The van der Waals surface area contributed by atoms with Gasteiger partial charge in [-0.3, -0.25) is 9.59 Å². The largest absolute Gasteiger partial charge is 0.453 e. The van der Waals surface area contributed by atoms with Crippen molar-refractivity contribution in [2.24, 2.45) is 5.92 Å². The number of methoxy groups -OCH3 is 2. The highest BCUT2D eigenvalue weighted by atomic mass is 16.5. The van der Waals surface area contributed by atoms with Crippen LogP contribution in [0.1, 0.15) is 57.3 Å². The van der Waals surface area contributed by atoms with E-state index >= 15 is 0 Å². The van der Waals surface area contributed by atoms with Crippen molar-refractivity contribution in [2.75, 3.05) is 27.3 Å². The van der Waals surface area contributed by atoms with Crippen LogP contribution in [-0.2, 0) is 19.1 Å². The molecule has 0 radical (unpaired) electrons. The summed E-state index contributed by atoms with van der Waals surface area (Å²) in [6.07, 6.45) is 7.65. The molecule has 7 rings (SSSR count). The maximum absolute atomic E-state index is 13.6. The summed E-state index contributed by atoms with van der Waals surface area (Å²) in [5, 5.41) is 7.40. The molecule has 0 unspecified atom stereocenters. The van der Waals surface area contributed by atoms with E-state index in [1.54, 1.807) is 22.9 Å². The van der Waals surface area contributed by atoms with E-state index in [0.717, 1.165) is 57.3 Å². The fourth-order valence-corrected chi connectivity index (χ4v) is 7.82. The molecule has 0 saturated carbocycles. The summed E-state index contributed by atoms with van der Waals surface area (Å²) in [7, 11) is 2.54. The number of nitrogens with one attached hydrogen (secondary N) is 4. The summed E-state index contributed by atoms with van der Waals surface area (Å²) in [5.41, 5.74) is 6.20. The lowest BCUT2D eigenvalue weighted by molar-refractivity contribution is -0.135. The molecule has 0 spiro atoms. The van der Waals surface area contributed by atoms with Gasteiger partial charge in [0.25, 0.3) is 0 Å². The van der Waals surface area contributed by atoms with E-state index in [9.17, 15) is 19.2 Å². The second-order valence-corrected chi connectivity index (χ2v) is 15.0. The van der Waals surface area contributed by atoms with E-state index in [0.29, 0.717) is 30.3 Å². The third kappa shape index (κ3) is 7.82. The Morgan fingerprint density at radius 1 is 0.793 bits per heavy atom. The number of hydrogen-bond donors (Lipinski definition) is 4. The number of benzene rings is 3. The molecule has 1 fully saturated rings. The molecule has 300 valence electrons. The minimum atomic E-state index is -0.899. The molecule has 3 aromatic carbocycles. The van der Waals surface area contributed by atoms with Gasteiger partial charge in [0.2, 0.25) is 11.8 Å². The van der Waals surface area contributed by atoms with Gasteiger partial charge < -0.3 is 39.9 Å². The first-order chi connectivity index (χ1) is 28.0. The second-order valence-electron chi connectivity index (χ2n) is 15.0. The first-order valence-electron chi connectivity index (χ1n) is 19.3. The highest BCUT2D eigenvalue weighted by Gasteiger charge is 2.37. The van der Waals surface area contributed by atoms with Gasteiger partial charge in [0.15, 0.2) is 0 Å². The van der Waals surface area contributed by atoms with Crippen LogP contribution in [0.15, 0.2) is 97.4 Å². The lowest BCUT2D eigenvalue weighted by Crippen LogP contribution is -2.51. The Hall–Kier alpha value is -6.70. The number of carbonyl (C=O) groups is 4. The lowest BCUT2D eigenvalue weighted by Gasteiger charge is -2.29. The predicted octanol–water partition coefficient (Wildman–Crippen LogP) is 7.07. The molecule has 0 bridgehead atoms. The monoisotopic (exact) mass is 784 g/mol. The molecule has 14 nitrogen and oxygen atoms in total. The number of ether oxygens (including phenoxy) is 2. The van der Waals surface area contributed by atoms with Crippen LogP contribution in [0.3, 0.4) is 0 Å². The highest BCUT2D eigenvalue weighted by molar-refractivity contribution is 6.04. The molecule has 2 aromatic heterocycles. The third-order valence-corrected chi connectivity index (χ3v) is 10.9. The van der Waals surface area contributed by atoms with Crippen LogP contribution in [0.25, 0.3) is 44.4 Å². The summed E-state index contributed by atoms with van der Waals surface area (Å²) >= 11 is 0. The van der Waals surface area contributed by atoms with Crippen LogP contribution >= 0.6 is 0 Å². The highest BCUT2D eigenvalue weighted by Crippen LogP contribution is 2.37. The number of fused-ring (bicyclic) bond motifs is 1. The number of hydrogen-bond acceptors (Lipinski definition) is 8. The van der Waals surface area contributed by atoms with E-state index in [-0.39, 0.29) is 23.8 Å². The average Bonchev–Trinajstić information content (AvgIpc) is 4.07. The van der Waals surface area contributed by atoms with Crippen molar-refractivity contribution in [1.29, 1.82) is 0 Å². The Balaban J connectivity index is 1.09.